The van der Waals surface area contributed by atoms with Crippen molar-refractivity contribution in [2.24, 2.45) is 4.36 Å². The molecular weight excluding hydrogens is 511 g/mol. The van der Waals surface area contributed by atoms with Crippen LogP contribution in [0.2, 0.25) is 0 Å². The normalized spacial score (nSPS) is 17.5. The van der Waals surface area contributed by atoms with E-state index in [0.29, 0.717) is 17.3 Å². The molecule has 6 nitrogen and oxygen atoms in total. The Morgan fingerprint density at radius 3 is 2.51 bits per heavy atom. The van der Waals surface area contributed by atoms with Crippen molar-refractivity contribution in [3.63, 3.8) is 0 Å². The predicted octanol–water partition coefficient (Wildman–Crippen LogP) is 8.00. The van der Waals surface area contributed by atoms with Gasteiger partial charge < -0.3 is 4.74 Å². The molecule has 200 valence electrons. The molecule has 0 N–H and O–H groups in total. The Morgan fingerprint density at radius 1 is 1.05 bits per heavy atom. The Morgan fingerprint density at radius 2 is 1.82 bits per heavy atom. The molecule has 2 aromatic heterocycles. The number of rotatable bonds is 5. The van der Waals surface area contributed by atoms with Crippen LogP contribution in [0.25, 0.3) is 32.8 Å². The zero-order valence-corrected chi connectivity index (χ0v) is 23.1. The number of benzene rings is 3. The van der Waals surface area contributed by atoms with Gasteiger partial charge in [-0.25, -0.2) is 18.3 Å². The van der Waals surface area contributed by atoms with E-state index in [0.717, 1.165) is 57.8 Å². The molecule has 0 radical (unpaired) electrons. The Kier molecular flexibility index (Phi) is 6.69. The fourth-order valence-electron chi connectivity index (χ4n) is 5.30. The Balaban J connectivity index is 1.69. The first-order chi connectivity index (χ1) is 18.8. The number of ether oxygens (including phenoxy) is 1. The van der Waals surface area contributed by atoms with E-state index in [-0.39, 0.29) is 18.0 Å². The lowest BCUT2D eigenvalue weighted by atomic mass is 9.92. The summed E-state index contributed by atoms with van der Waals surface area (Å²) in [5.74, 6) is 0.177. The third-order valence-electron chi connectivity index (χ3n) is 7.28. The fourth-order valence-corrected chi connectivity index (χ4v) is 6.53. The molecule has 0 saturated carbocycles. The predicted molar refractivity (Wildman–Crippen MR) is 154 cm³/mol. The van der Waals surface area contributed by atoms with Gasteiger partial charge >= 0.3 is 0 Å². The SMILES string of the molecule is CC(C)c1nc(N=S(C)(=O)c2ccccc2)c2cc3c(cnn3C3CCCCO3)cc2c1-c1ccc(F)cc1. The maximum Gasteiger partial charge on any atom is 0.170 e. The van der Waals surface area contributed by atoms with Crippen molar-refractivity contribution >= 4 is 37.2 Å². The summed E-state index contributed by atoms with van der Waals surface area (Å²) in [6.45, 7) is 4.86. The van der Waals surface area contributed by atoms with Crippen LogP contribution in [-0.2, 0) is 14.5 Å². The van der Waals surface area contributed by atoms with Crippen LogP contribution in [0.4, 0.5) is 10.2 Å². The summed E-state index contributed by atoms with van der Waals surface area (Å²) in [6.07, 6.45) is 6.41. The van der Waals surface area contributed by atoms with Crippen molar-refractivity contribution in [1.29, 1.82) is 0 Å². The third-order valence-corrected chi connectivity index (χ3v) is 8.95. The van der Waals surface area contributed by atoms with Crippen molar-refractivity contribution in [3.05, 3.63) is 84.4 Å². The number of fused-ring (bicyclic) bond motifs is 2. The van der Waals surface area contributed by atoms with Crippen molar-refractivity contribution in [3.8, 4) is 11.1 Å². The standard InChI is InChI=1S/C31H31FN4O2S/c1-20(2)30-29(21-12-14-23(32)15-13-21)25-17-22-19-33-36(28-11-7-8-16-38-28)27(22)18-26(25)31(34-30)35-39(3,37)24-9-5-4-6-10-24/h4-6,9-10,12-15,17-20,28H,7-8,11,16H2,1-3H3. The molecule has 1 saturated heterocycles. The van der Waals surface area contributed by atoms with Crippen LogP contribution in [-0.4, -0.2) is 31.8 Å². The molecule has 0 aliphatic carbocycles. The Labute approximate surface area is 228 Å². The molecule has 3 aromatic carbocycles. The second-order valence-corrected chi connectivity index (χ2v) is 12.7. The molecule has 1 aliphatic heterocycles. The first kappa shape index (κ1) is 25.6. The fraction of sp³-hybridized carbons (Fsp3) is 0.290. The zero-order valence-electron chi connectivity index (χ0n) is 22.3. The van der Waals surface area contributed by atoms with Gasteiger partial charge in [0.05, 0.1) is 27.1 Å². The molecule has 6 rings (SSSR count). The number of nitrogens with zero attached hydrogens (tertiary/aromatic N) is 4. The summed E-state index contributed by atoms with van der Waals surface area (Å²) >= 11 is 0. The van der Waals surface area contributed by atoms with Gasteiger partial charge in [-0.3, -0.25) is 0 Å². The highest BCUT2D eigenvalue weighted by Gasteiger charge is 2.23. The lowest BCUT2D eigenvalue weighted by Gasteiger charge is -2.23. The van der Waals surface area contributed by atoms with Gasteiger partial charge in [-0.2, -0.15) is 9.46 Å². The molecule has 2 unspecified atom stereocenters. The molecule has 8 heteroatoms. The summed E-state index contributed by atoms with van der Waals surface area (Å²) in [5, 5.41) is 7.35. The summed E-state index contributed by atoms with van der Waals surface area (Å²) in [5.41, 5.74) is 3.52. The number of aromatic nitrogens is 3. The molecular formula is C31H31FN4O2S. The van der Waals surface area contributed by atoms with Crippen LogP contribution >= 0.6 is 0 Å². The van der Waals surface area contributed by atoms with E-state index in [1.165, 1.54) is 12.1 Å². The topological polar surface area (TPSA) is 69.4 Å². The number of hydrogen-bond donors (Lipinski definition) is 0. The maximum absolute atomic E-state index is 13.9. The Bertz CT molecular complexity index is 1780. The lowest BCUT2D eigenvalue weighted by molar-refractivity contribution is -0.0366. The first-order valence-corrected chi connectivity index (χ1v) is 15.2. The van der Waals surface area contributed by atoms with Crippen molar-refractivity contribution in [1.82, 2.24) is 14.8 Å². The van der Waals surface area contributed by atoms with E-state index in [9.17, 15) is 8.60 Å². The minimum Gasteiger partial charge on any atom is -0.356 e. The van der Waals surface area contributed by atoms with Gasteiger partial charge in [-0.15, -0.1) is 0 Å². The van der Waals surface area contributed by atoms with E-state index >= 15 is 0 Å². The van der Waals surface area contributed by atoms with Crippen molar-refractivity contribution in [2.75, 3.05) is 12.9 Å². The van der Waals surface area contributed by atoms with Crippen LogP contribution in [0.3, 0.4) is 0 Å². The average Bonchev–Trinajstić information content (AvgIpc) is 3.36. The largest absolute Gasteiger partial charge is 0.356 e. The highest BCUT2D eigenvalue weighted by molar-refractivity contribution is 7.93. The molecule has 1 aliphatic rings. The van der Waals surface area contributed by atoms with Crippen LogP contribution in [0, 0.1) is 5.82 Å². The van der Waals surface area contributed by atoms with Crippen LogP contribution in [0.15, 0.2) is 82.2 Å². The molecule has 0 spiro atoms. The molecule has 2 atom stereocenters. The minimum absolute atomic E-state index is 0.0436. The molecule has 0 bridgehead atoms. The van der Waals surface area contributed by atoms with Crippen LogP contribution in [0.5, 0.6) is 0 Å². The molecule has 3 heterocycles. The van der Waals surface area contributed by atoms with Crippen LogP contribution in [0.1, 0.15) is 50.9 Å². The number of hydrogen-bond acceptors (Lipinski definition) is 5. The molecule has 0 amide bonds. The van der Waals surface area contributed by atoms with Gasteiger partial charge in [-0.05, 0) is 72.5 Å². The first-order valence-electron chi connectivity index (χ1n) is 13.3. The van der Waals surface area contributed by atoms with E-state index in [2.05, 4.69) is 19.9 Å². The van der Waals surface area contributed by atoms with Crippen LogP contribution < -0.4 is 0 Å². The second-order valence-electron chi connectivity index (χ2n) is 10.4. The number of pyridine rings is 1. The van der Waals surface area contributed by atoms with Gasteiger partial charge in [-0.1, -0.05) is 44.2 Å². The highest BCUT2D eigenvalue weighted by atomic mass is 32.2. The van der Waals surface area contributed by atoms with Gasteiger partial charge in [0.2, 0.25) is 0 Å². The summed E-state index contributed by atoms with van der Waals surface area (Å²) in [4.78, 5) is 5.69. The number of halogens is 1. The van der Waals surface area contributed by atoms with E-state index in [4.69, 9.17) is 19.2 Å². The minimum atomic E-state index is -2.79. The quantitative estimate of drug-likeness (QED) is 0.226. The highest BCUT2D eigenvalue weighted by Crippen LogP contribution is 2.41. The molecule has 1 fully saturated rings. The smallest absolute Gasteiger partial charge is 0.170 e. The summed E-state index contributed by atoms with van der Waals surface area (Å²) < 4.78 is 40.6. The summed E-state index contributed by atoms with van der Waals surface area (Å²) in [7, 11) is -2.79. The van der Waals surface area contributed by atoms with E-state index < -0.39 is 9.73 Å². The maximum atomic E-state index is 13.9. The lowest BCUT2D eigenvalue weighted by Crippen LogP contribution is -2.18. The van der Waals surface area contributed by atoms with Crippen molar-refractivity contribution in [2.45, 2.75) is 50.2 Å². The van der Waals surface area contributed by atoms with Gasteiger partial charge in [0.1, 0.15) is 5.82 Å². The average molecular weight is 543 g/mol. The summed E-state index contributed by atoms with van der Waals surface area (Å²) in [6, 6.07) is 19.9. The molecule has 5 aromatic rings. The second kappa shape index (κ2) is 10.2. The monoisotopic (exact) mass is 542 g/mol. The van der Waals surface area contributed by atoms with Gasteiger partial charge in [0, 0.05) is 34.1 Å². The van der Waals surface area contributed by atoms with Crippen molar-refractivity contribution < 1.29 is 13.3 Å². The van der Waals surface area contributed by atoms with E-state index in [1.54, 1.807) is 18.4 Å². The Hall–Kier alpha value is -3.62. The van der Waals surface area contributed by atoms with Gasteiger partial charge in [0.25, 0.3) is 0 Å². The zero-order chi connectivity index (χ0) is 27.1. The third kappa shape index (κ3) is 4.83. The molecule has 39 heavy (non-hydrogen) atoms. The van der Waals surface area contributed by atoms with E-state index in [1.807, 2.05) is 47.3 Å². The van der Waals surface area contributed by atoms with Gasteiger partial charge in [0.15, 0.2) is 12.0 Å².